The molecule has 1 heterocycles. The predicted octanol–water partition coefficient (Wildman–Crippen LogP) is 4.02. The van der Waals surface area contributed by atoms with Crippen LogP contribution in [-0.4, -0.2) is 11.1 Å². The summed E-state index contributed by atoms with van der Waals surface area (Å²) in [6, 6.07) is 8.92. The van der Waals surface area contributed by atoms with Crippen molar-refractivity contribution >= 4 is 11.9 Å². The molecule has 0 saturated heterocycles. The van der Waals surface area contributed by atoms with Gasteiger partial charge < -0.3 is 4.74 Å². The minimum atomic E-state index is -4.51. The number of aromatic nitrogens is 1. The number of para-hydroxylation sites is 1. The lowest BCUT2D eigenvalue weighted by molar-refractivity contribution is -0.138. The molecule has 0 aliphatic heterocycles. The average Bonchev–Trinajstić information content (AvgIpc) is 2.41. The van der Waals surface area contributed by atoms with Crippen LogP contribution in [0.2, 0.25) is 0 Å². The van der Waals surface area contributed by atoms with Crippen molar-refractivity contribution < 1.29 is 22.7 Å². The molecule has 110 valence electrons. The van der Waals surface area contributed by atoms with Crippen molar-refractivity contribution in [1.82, 2.24) is 4.98 Å². The van der Waals surface area contributed by atoms with E-state index in [0.29, 0.717) is 0 Å². The van der Waals surface area contributed by atoms with Gasteiger partial charge in [-0.3, -0.25) is 5.32 Å². The molecule has 0 radical (unpaired) electrons. The quantitative estimate of drug-likeness (QED) is 0.910. The summed E-state index contributed by atoms with van der Waals surface area (Å²) >= 11 is 0. The number of halogens is 3. The lowest BCUT2D eigenvalue weighted by atomic mass is 10.1. The lowest BCUT2D eigenvalue weighted by Crippen LogP contribution is -2.18. The first-order chi connectivity index (χ1) is 9.86. The van der Waals surface area contributed by atoms with E-state index < -0.39 is 17.8 Å². The van der Waals surface area contributed by atoms with Crippen molar-refractivity contribution in [2.75, 3.05) is 5.32 Å². The molecule has 0 aliphatic carbocycles. The Hall–Kier alpha value is -2.57. The van der Waals surface area contributed by atoms with Crippen molar-refractivity contribution in [2.24, 2.45) is 0 Å². The van der Waals surface area contributed by atoms with Gasteiger partial charge in [0.05, 0.1) is 5.56 Å². The van der Waals surface area contributed by atoms with Gasteiger partial charge in [-0.1, -0.05) is 18.2 Å². The maximum Gasteiger partial charge on any atom is 0.418 e. The number of anilines is 1. The molecule has 1 aromatic heterocycles. The highest BCUT2D eigenvalue weighted by molar-refractivity contribution is 5.85. The fraction of sp³-hybridized carbons (Fsp3) is 0.143. The number of nitrogens with zero attached hydrogens (tertiary/aromatic N) is 1. The number of carbonyl (C=O) groups excluding carboxylic acids is 1. The molecule has 0 bridgehead atoms. The van der Waals surface area contributed by atoms with E-state index in [1.165, 1.54) is 6.92 Å². The number of ether oxygens (including phenoxy) is 1. The van der Waals surface area contributed by atoms with Gasteiger partial charge in [-0.25, -0.2) is 9.78 Å². The molecule has 0 spiro atoms. The van der Waals surface area contributed by atoms with Gasteiger partial charge >= 0.3 is 12.3 Å². The summed E-state index contributed by atoms with van der Waals surface area (Å²) in [6.45, 7) is 1.29. The van der Waals surface area contributed by atoms with E-state index in [1.807, 2.05) is 0 Å². The van der Waals surface area contributed by atoms with Crippen LogP contribution in [0.15, 0.2) is 42.6 Å². The van der Waals surface area contributed by atoms with Gasteiger partial charge in [0.1, 0.15) is 11.6 Å². The highest BCUT2D eigenvalue weighted by atomic mass is 19.4. The number of carbonyl (C=O) groups is 1. The minimum Gasteiger partial charge on any atom is -0.410 e. The fourth-order valence-corrected chi connectivity index (χ4v) is 1.62. The van der Waals surface area contributed by atoms with E-state index in [1.54, 1.807) is 30.3 Å². The Morgan fingerprint density at radius 1 is 1.24 bits per heavy atom. The molecule has 7 heteroatoms. The first kappa shape index (κ1) is 14.8. The van der Waals surface area contributed by atoms with Gasteiger partial charge in [-0.15, -0.1) is 0 Å². The van der Waals surface area contributed by atoms with Crippen LogP contribution in [0.3, 0.4) is 0 Å². The van der Waals surface area contributed by atoms with Crippen LogP contribution in [0, 0.1) is 6.92 Å². The molecule has 1 aromatic carbocycles. The van der Waals surface area contributed by atoms with E-state index in [0.717, 1.165) is 12.3 Å². The molecule has 2 aromatic rings. The molecule has 0 unspecified atom stereocenters. The van der Waals surface area contributed by atoms with E-state index >= 15 is 0 Å². The standard InChI is InChI=1S/C14H11F3N2O2/c1-9-8-18-12(7-11(9)14(15,16)17)19-13(20)21-10-5-3-2-4-6-10/h2-8H,1H3,(H,18,19,20). The second-order valence-corrected chi connectivity index (χ2v) is 4.21. The summed E-state index contributed by atoms with van der Waals surface area (Å²) in [5, 5.41) is 2.16. The van der Waals surface area contributed by atoms with E-state index in [2.05, 4.69) is 10.3 Å². The lowest BCUT2D eigenvalue weighted by Gasteiger charge is -2.12. The van der Waals surface area contributed by atoms with Crippen molar-refractivity contribution in [2.45, 2.75) is 13.1 Å². The van der Waals surface area contributed by atoms with Crippen LogP contribution in [0.1, 0.15) is 11.1 Å². The Balaban J connectivity index is 2.11. The number of aryl methyl sites for hydroxylation is 1. The van der Waals surface area contributed by atoms with Crippen LogP contribution in [0.25, 0.3) is 0 Å². The summed E-state index contributed by atoms with van der Waals surface area (Å²) in [7, 11) is 0. The third-order valence-electron chi connectivity index (χ3n) is 2.59. The Morgan fingerprint density at radius 2 is 1.90 bits per heavy atom. The summed E-state index contributed by atoms with van der Waals surface area (Å²) < 4.78 is 43.1. The fourth-order valence-electron chi connectivity index (χ4n) is 1.62. The molecule has 1 amide bonds. The SMILES string of the molecule is Cc1cnc(NC(=O)Oc2ccccc2)cc1C(F)(F)F. The number of alkyl halides is 3. The van der Waals surface area contributed by atoms with Gasteiger partial charge in [-0.05, 0) is 30.7 Å². The summed E-state index contributed by atoms with van der Waals surface area (Å²) in [6.07, 6.45) is -4.38. The molecular formula is C14H11F3N2O2. The van der Waals surface area contributed by atoms with Crippen LogP contribution in [0.5, 0.6) is 5.75 Å². The highest BCUT2D eigenvalue weighted by Gasteiger charge is 2.33. The molecule has 0 aliphatic rings. The predicted molar refractivity (Wildman–Crippen MR) is 70.1 cm³/mol. The Bertz CT molecular complexity index is 642. The molecule has 4 nitrogen and oxygen atoms in total. The Kier molecular flexibility index (Phi) is 4.11. The second-order valence-electron chi connectivity index (χ2n) is 4.21. The summed E-state index contributed by atoms with van der Waals surface area (Å²) in [5.74, 6) is 0.0482. The van der Waals surface area contributed by atoms with Crippen molar-refractivity contribution in [3.8, 4) is 5.75 Å². The Labute approximate surface area is 118 Å². The normalized spacial score (nSPS) is 11.0. The molecule has 0 saturated carbocycles. The Morgan fingerprint density at radius 3 is 2.52 bits per heavy atom. The number of hydrogen-bond acceptors (Lipinski definition) is 3. The van der Waals surface area contributed by atoms with Crippen molar-refractivity contribution in [3.63, 3.8) is 0 Å². The van der Waals surface area contributed by atoms with E-state index in [-0.39, 0.29) is 17.1 Å². The molecule has 21 heavy (non-hydrogen) atoms. The zero-order valence-corrected chi connectivity index (χ0v) is 10.9. The zero-order chi connectivity index (χ0) is 15.5. The van der Waals surface area contributed by atoms with E-state index in [4.69, 9.17) is 4.74 Å². The number of pyridine rings is 1. The smallest absolute Gasteiger partial charge is 0.410 e. The van der Waals surface area contributed by atoms with Gasteiger partial charge in [0, 0.05) is 6.20 Å². The van der Waals surface area contributed by atoms with Gasteiger partial charge in [0.25, 0.3) is 0 Å². The average molecular weight is 296 g/mol. The summed E-state index contributed by atoms with van der Waals surface area (Å²) in [4.78, 5) is 15.3. The molecule has 0 fully saturated rings. The zero-order valence-electron chi connectivity index (χ0n) is 10.9. The number of benzene rings is 1. The van der Waals surface area contributed by atoms with Gasteiger partial charge in [0.2, 0.25) is 0 Å². The molecule has 2 rings (SSSR count). The first-order valence-corrected chi connectivity index (χ1v) is 5.94. The largest absolute Gasteiger partial charge is 0.418 e. The monoisotopic (exact) mass is 296 g/mol. The number of amides is 1. The van der Waals surface area contributed by atoms with Crippen LogP contribution in [0.4, 0.5) is 23.8 Å². The topological polar surface area (TPSA) is 51.2 Å². The van der Waals surface area contributed by atoms with Crippen LogP contribution < -0.4 is 10.1 Å². The second kappa shape index (κ2) is 5.82. The van der Waals surface area contributed by atoms with Crippen LogP contribution >= 0.6 is 0 Å². The number of rotatable bonds is 2. The highest BCUT2D eigenvalue weighted by Crippen LogP contribution is 2.32. The number of hydrogen-bond donors (Lipinski definition) is 1. The molecule has 0 atom stereocenters. The van der Waals surface area contributed by atoms with E-state index in [9.17, 15) is 18.0 Å². The molecule has 1 N–H and O–H groups in total. The van der Waals surface area contributed by atoms with Crippen molar-refractivity contribution in [1.29, 1.82) is 0 Å². The first-order valence-electron chi connectivity index (χ1n) is 5.94. The van der Waals surface area contributed by atoms with Crippen molar-refractivity contribution in [3.05, 3.63) is 53.7 Å². The third kappa shape index (κ3) is 3.95. The minimum absolute atomic E-state index is 0.0236. The molecular weight excluding hydrogens is 285 g/mol. The van der Waals surface area contributed by atoms with Gasteiger partial charge in [-0.2, -0.15) is 13.2 Å². The maximum atomic E-state index is 12.7. The number of nitrogens with one attached hydrogen (secondary N) is 1. The summed E-state index contributed by atoms with van der Waals surface area (Å²) in [5.41, 5.74) is -0.878. The van der Waals surface area contributed by atoms with Crippen LogP contribution in [-0.2, 0) is 6.18 Å². The van der Waals surface area contributed by atoms with Gasteiger partial charge in [0.15, 0.2) is 0 Å². The third-order valence-corrected chi connectivity index (χ3v) is 2.59. The maximum absolute atomic E-state index is 12.7.